The van der Waals surface area contributed by atoms with Crippen LogP contribution in [0.3, 0.4) is 0 Å². The Kier molecular flexibility index (Phi) is 1.78. The molecule has 4 heteroatoms. The molecule has 1 aliphatic heterocycles. The zero-order chi connectivity index (χ0) is 8.44. The molecule has 0 spiro atoms. The van der Waals surface area contributed by atoms with Crippen LogP contribution in [0, 0.1) is 0 Å². The van der Waals surface area contributed by atoms with Gasteiger partial charge in [0.25, 0.3) is 0 Å². The predicted octanol–water partition coefficient (Wildman–Crippen LogP) is -0.343. The number of rotatable bonds is 1. The minimum atomic E-state index is -0.775. The van der Waals surface area contributed by atoms with Gasteiger partial charge in [0, 0.05) is 12.7 Å². The SMILES string of the molecule is OC1(c2ccncn2)CCNC1. The van der Waals surface area contributed by atoms with Crippen LogP contribution in [0.2, 0.25) is 0 Å². The van der Waals surface area contributed by atoms with E-state index in [2.05, 4.69) is 15.3 Å². The number of hydrogen-bond donors (Lipinski definition) is 2. The monoisotopic (exact) mass is 165 g/mol. The zero-order valence-corrected chi connectivity index (χ0v) is 6.70. The van der Waals surface area contributed by atoms with Gasteiger partial charge in [-0.2, -0.15) is 0 Å². The van der Waals surface area contributed by atoms with E-state index >= 15 is 0 Å². The van der Waals surface area contributed by atoms with E-state index in [1.807, 2.05) is 0 Å². The first kappa shape index (κ1) is 7.64. The molecule has 1 aromatic rings. The highest BCUT2D eigenvalue weighted by Crippen LogP contribution is 2.24. The maximum atomic E-state index is 10.0. The van der Waals surface area contributed by atoms with E-state index in [-0.39, 0.29) is 0 Å². The normalized spacial score (nSPS) is 29.1. The molecule has 1 aromatic heterocycles. The summed E-state index contributed by atoms with van der Waals surface area (Å²) in [7, 11) is 0. The number of aliphatic hydroxyl groups is 1. The molecule has 2 heterocycles. The minimum Gasteiger partial charge on any atom is -0.382 e. The van der Waals surface area contributed by atoms with Crippen molar-refractivity contribution in [2.45, 2.75) is 12.0 Å². The lowest BCUT2D eigenvalue weighted by Crippen LogP contribution is -2.29. The Balaban J connectivity index is 2.29. The number of nitrogens with zero attached hydrogens (tertiary/aromatic N) is 2. The van der Waals surface area contributed by atoms with Crippen molar-refractivity contribution in [2.24, 2.45) is 0 Å². The summed E-state index contributed by atoms with van der Waals surface area (Å²) >= 11 is 0. The maximum absolute atomic E-state index is 10.0. The van der Waals surface area contributed by atoms with Crippen molar-refractivity contribution < 1.29 is 5.11 Å². The smallest absolute Gasteiger partial charge is 0.120 e. The summed E-state index contributed by atoms with van der Waals surface area (Å²) in [4.78, 5) is 7.84. The Morgan fingerprint density at radius 2 is 2.50 bits per heavy atom. The largest absolute Gasteiger partial charge is 0.382 e. The molecule has 4 nitrogen and oxygen atoms in total. The average Bonchev–Trinajstić information content (AvgIpc) is 2.55. The van der Waals surface area contributed by atoms with Gasteiger partial charge in [-0.1, -0.05) is 0 Å². The molecule has 2 N–H and O–H groups in total. The van der Waals surface area contributed by atoms with Crippen LogP contribution in [0.15, 0.2) is 18.6 Å². The maximum Gasteiger partial charge on any atom is 0.120 e. The summed E-state index contributed by atoms with van der Waals surface area (Å²) in [5, 5.41) is 13.1. The summed E-state index contributed by atoms with van der Waals surface area (Å²) in [5.74, 6) is 0. The molecule has 2 rings (SSSR count). The molecule has 1 unspecified atom stereocenters. The standard InChI is InChI=1S/C8H11N3O/c12-8(2-4-9-5-8)7-1-3-10-6-11-7/h1,3,6,9,12H,2,4-5H2. The molecule has 0 radical (unpaired) electrons. The van der Waals surface area contributed by atoms with Crippen LogP contribution < -0.4 is 5.32 Å². The highest BCUT2D eigenvalue weighted by Gasteiger charge is 2.33. The summed E-state index contributed by atoms with van der Waals surface area (Å²) in [6.45, 7) is 1.44. The van der Waals surface area contributed by atoms with Crippen LogP contribution in [-0.2, 0) is 5.60 Å². The van der Waals surface area contributed by atoms with Crippen LogP contribution >= 0.6 is 0 Å². The van der Waals surface area contributed by atoms with E-state index in [9.17, 15) is 5.11 Å². The molecule has 0 aliphatic carbocycles. The molecule has 1 atom stereocenters. The van der Waals surface area contributed by atoms with E-state index in [1.165, 1.54) is 6.33 Å². The topological polar surface area (TPSA) is 58.0 Å². The van der Waals surface area contributed by atoms with E-state index in [0.29, 0.717) is 12.2 Å². The van der Waals surface area contributed by atoms with Crippen molar-refractivity contribution in [1.29, 1.82) is 0 Å². The fourth-order valence-corrected chi connectivity index (χ4v) is 1.46. The summed E-state index contributed by atoms with van der Waals surface area (Å²) in [6.07, 6.45) is 3.84. The lowest BCUT2D eigenvalue weighted by molar-refractivity contribution is 0.0540. The van der Waals surface area contributed by atoms with Gasteiger partial charge in [-0.05, 0) is 19.0 Å². The van der Waals surface area contributed by atoms with E-state index < -0.39 is 5.60 Å². The third kappa shape index (κ3) is 1.19. The Hall–Kier alpha value is -1.00. The van der Waals surface area contributed by atoms with Crippen LogP contribution in [-0.4, -0.2) is 28.2 Å². The van der Waals surface area contributed by atoms with Gasteiger partial charge in [-0.25, -0.2) is 9.97 Å². The minimum absolute atomic E-state index is 0.587. The lowest BCUT2D eigenvalue weighted by Gasteiger charge is -2.19. The van der Waals surface area contributed by atoms with Crippen molar-refractivity contribution in [3.8, 4) is 0 Å². The van der Waals surface area contributed by atoms with Gasteiger partial charge in [0.1, 0.15) is 11.9 Å². The van der Waals surface area contributed by atoms with Crippen LogP contribution in [0.25, 0.3) is 0 Å². The Morgan fingerprint density at radius 1 is 1.58 bits per heavy atom. The molecule has 1 fully saturated rings. The Labute approximate surface area is 70.7 Å². The second kappa shape index (κ2) is 2.80. The molecule has 0 aromatic carbocycles. The molecule has 64 valence electrons. The van der Waals surface area contributed by atoms with E-state index in [0.717, 1.165) is 13.0 Å². The number of nitrogens with one attached hydrogen (secondary N) is 1. The van der Waals surface area contributed by atoms with E-state index in [4.69, 9.17) is 0 Å². The fourth-order valence-electron chi connectivity index (χ4n) is 1.46. The van der Waals surface area contributed by atoms with Crippen molar-refractivity contribution in [3.05, 3.63) is 24.3 Å². The van der Waals surface area contributed by atoms with Gasteiger partial charge >= 0.3 is 0 Å². The van der Waals surface area contributed by atoms with E-state index in [1.54, 1.807) is 12.3 Å². The van der Waals surface area contributed by atoms with Crippen LogP contribution in [0.4, 0.5) is 0 Å². The number of β-amino-alcohol motifs (C(OH)–C–C–N with tert-alkyl or cyclic N) is 1. The number of aromatic nitrogens is 2. The van der Waals surface area contributed by atoms with Crippen molar-refractivity contribution >= 4 is 0 Å². The van der Waals surface area contributed by atoms with Gasteiger partial charge in [0.05, 0.1) is 5.69 Å². The molecule has 0 saturated carbocycles. The van der Waals surface area contributed by atoms with Gasteiger partial charge in [0.2, 0.25) is 0 Å². The molecule has 0 amide bonds. The molecule has 1 aliphatic rings. The average molecular weight is 165 g/mol. The lowest BCUT2D eigenvalue weighted by atomic mass is 9.99. The quantitative estimate of drug-likeness (QED) is 0.597. The molecule has 12 heavy (non-hydrogen) atoms. The van der Waals surface area contributed by atoms with Crippen molar-refractivity contribution in [3.63, 3.8) is 0 Å². The Morgan fingerprint density at radius 3 is 3.08 bits per heavy atom. The zero-order valence-electron chi connectivity index (χ0n) is 6.70. The first-order chi connectivity index (χ1) is 5.81. The third-order valence-electron chi connectivity index (χ3n) is 2.19. The second-order valence-electron chi connectivity index (χ2n) is 3.05. The van der Waals surface area contributed by atoms with Crippen molar-refractivity contribution in [1.82, 2.24) is 15.3 Å². The first-order valence-electron chi connectivity index (χ1n) is 4.01. The highest BCUT2D eigenvalue weighted by molar-refractivity contribution is 5.12. The fraction of sp³-hybridized carbons (Fsp3) is 0.500. The van der Waals surface area contributed by atoms with Crippen LogP contribution in [0.1, 0.15) is 12.1 Å². The van der Waals surface area contributed by atoms with Crippen molar-refractivity contribution in [2.75, 3.05) is 13.1 Å². The second-order valence-corrected chi connectivity index (χ2v) is 3.05. The Bertz CT molecular complexity index is 256. The summed E-state index contributed by atoms with van der Waals surface area (Å²) in [6, 6.07) is 1.76. The number of hydrogen-bond acceptors (Lipinski definition) is 4. The van der Waals surface area contributed by atoms with Gasteiger partial charge in [-0.3, -0.25) is 0 Å². The predicted molar refractivity (Wildman–Crippen MR) is 43.4 cm³/mol. The molecule has 1 saturated heterocycles. The van der Waals surface area contributed by atoms with Gasteiger partial charge in [0.15, 0.2) is 0 Å². The summed E-state index contributed by atoms with van der Waals surface area (Å²) in [5.41, 5.74) is -0.0642. The van der Waals surface area contributed by atoms with Gasteiger partial charge < -0.3 is 10.4 Å². The third-order valence-corrected chi connectivity index (χ3v) is 2.19. The van der Waals surface area contributed by atoms with Crippen LogP contribution in [0.5, 0.6) is 0 Å². The summed E-state index contributed by atoms with van der Waals surface area (Å²) < 4.78 is 0. The molecular weight excluding hydrogens is 154 g/mol. The first-order valence-corrected chi connectivity index (χ1v) is 4.01. The highest BCUT2D eigenvalue weighted by atomic mass is 16.3. The molecule has 0 bridgehead atoms. The van der Waals surface area contributed by atoms with Gasteiger partial charge in [-0.15, -0.1) is 0 Å². The molecular formula is C8H11N3O.